The summed E-state index contributed by atoms with van der Waals surface area (Å²) in [7, 11) is -3.19. The van der Waals surface area contributed by atoms with Gasteiger partial charge in [-0.3, -0.25) is 9.79 Å². The molecule has 158 valence electrons. The molecule has 7 nitrogen and oxygen atoms in total. The van der Waals surface area contributed by atoms with Crippen molar-refractivity contribution in [1.29, 1.82) is 0 Å². The molecule has 1 aliphatic rings. The third kappa shape index (κ3) is 6.61. The number of halogens is 1. The third-order valence-corrected chi connectivity index (χ3v) is 7.12. The molecule has 0 aliphatic carbocycles. The zero-order valence-electron chi connectivity index (χ0n) is 16.9. The molecular formula is C19H31IN4O3S. The molecule has 2 rings (SSSR count). The molecule has 0 aromatic heterocycles. The summed E-state index contributed by atoms with van der Waals surface area (Å²) in [5.74, 6) is 0.590. The van der Waals surface area contributed by atoms with Gasteiger partial charge in [-0.1, -0.05) is 18.2 Å². The van der Waals surface area contributed by atoms with E-state index >= 15 is 0 Å². The van der Waals surface area contributed by atoms with Crippen LogP contribution >= 0.6 is 24.0 Å². The molecule has 0 bridgehead atoms. The van der Waals surface area contributed by atoms with E-state index in [4.69, 9.17) is 0 Å². The Morgan fingerprint density at radius 3 is 2.57 bits per heavy atom. The van der Waals surface area contributed by atoms with Gasteiger partial charge in [-0.2, -0.15) is 0 Å². The predicted octanol–water partition coefficient (Wildman–Crippen LogP) is 2.50. The Labute approximate surface area is 185 Å². The van der Waals surface area contributed by atoms with Crippen LogP contribution in [0.5, 0.6) is 0 Å². The van der Waals surface area contributed by atoms with E-state index in [0.717, 1.165) is 11.3 Å². The summed E-state index contributed by atoms with van der Waals surface area (Å²) >= 11 is 0. The lowest BCUT2D eigenvalue weighted by Crippen LogP contribution is -2.42. The van der Waals surface area contributed by atoms with Crippen LogP contribution in [-0.2, 0) is 14.6 Å². The topological polar surface area (TPSA) is 99.7 Å². The number of guanidine groups is 1. The maximum atomic E-state index is 12.2. The SMILES string of the molecule is CCNC(=NCC1CC(=O)Nc2ccccc21)NCCS(=O)(=O)C(C)(C)C.I. The lowest BCUT2D eigenvalue weighted by molar-refractivity contribution is -0.116. The van der Waals surface area contributed by atoms with E-state index in [1.807, 2.05) is 31.2 Å². The molecule has 1 aromatic carbocycles. The summed E-state index contributed by atoms with van der Waals surface area (Å²) in [5, 5.41) is 9.09. The van der Waals surface area contributed by atoms with Gasteiger partial charge in [0.25, 0.3) is 0 Å². The molecule has 0 saturated heterocycles. The molecule has 9 heteroatoms. The fourth-order valence-corrected chi connectivity index (χ4v) is 3.80. The third-order valence-electron chi connectivity index (χ3n) is 4.52. The van der Waals surface area contributed by atoms with E-state index in [0.29, 0.717) is 25.5 Å². The van der Waals surface area contributed by atoms with Crippen molar-refractivity contribution in [1.82, 2.24) is 10.6 Å². The van der Waals surface area contributed by atoms with E-state index in [1.165, 1.54) is 0 Å². The first kappa shape index (κ1) is 24.7. The number of nitrogens with one attached hydrogen (secondary N) is 3. The number of hydrogen-bond donors (Lipinski definition) is 3. The van der Waals surface area contributed by atoms with Gasteiger partial charge in [0.2, 0.25) is 5.91 Å². The fourth-order valence-electron chi connectivity index (χ4n) is 2.82. The zero-order chi connectivity index (χ0) is 20.1. The Morgan fingerprint density at radius 2 is 1.93 bits per heavy atom. The van der Waals surface area contributed by atoms with Crippen LogP contribution in [0.2, 0.25) is 0 Å². The van der Waals surface area contributed by atoms with Crippen LogP contribution in [0, 0.1) is 0 Å². The van der Waals surface area contributed by atoms with E-state index in [1.54, 1.807) is 20.8 Å². The highest BCUT2D eigenvalue weighted by Gasteiger charge is 2.28. The van der Waals surface area contributed by atoms with Crippen molar-refractivity contribution in [3.8, 4) is 0 Å². The second-order valence-corrected chi connectivity index (χ2v) is 10.5. The lowest BCUT2D eigenvalue weighted by atomic mass is 9.91. The lowest BCUT2D eigenvalue weighted by Gasteiger charge is -2.24. The highest BCUT2D eigenvalue weighted by Crippen LogP contribution is 2.31. The molecule has 1 aromatic rings. The molecule has 0 radical (unpaired) electrons. The van der Waals surface area contributed by atoms with Gasteiger partial charge < -0.3 is 16.0 Å². The van der Waals surface area contributed by atoms with Gasteiger partial charge in [-0.05, 0) is 39.3 Å². The number of fused-ring (bicyclic) bond motifs is 1. The number of nitrogens with zero attached hydrogens (tertiary/aromatic N) is 1. The average molecular weight is 522 g/mol. The van der Waals surface area contributed by atoms with Gasteiger partial charge in [0.1, 0.15) is 0 Å². The van der Waals surface area contributed by atoms with E-state index in [-0.39, 0.29) is 48.1 Å². The highest BCUT2D eigenvalue weighted by molar-refractivity contribution is 14.0. The van der Waals surface area contributed by atoms with Crippen molar-refractivity contribution in [2.75, 3.05) is 30.7 Å². The Kier molecular flexibility index (Phi) is 9.19. The van der Waals surface area contributed by atoms with Crippen LogP contribution in [0.15, 0.2) is 29.3 Å². The number of carbonyl (C=O) groups excluding carboxylic acids is 1. The van der Waals surface area contributed by atoms with E-state index in [9.17, 15) is 13.2 Å². The molecule has 3 N–H and O–H groups in total. The predicted molar refractivity (Wildman–Crippen MR) is 125 cm³/mol. The van der Waals surface area contributed by atoms with Gasteiger partial charge in [0, 0.05) is 31.1 Å². The number of hydrogen-bond acceptors (Lipinski definition) is 4. The smallest absolute Gasteiger partial charge is 0.225 e. The molecule has 1 unspecified atom stereocenters. The number of para-hydroxylation sites is 1. The minimum Gasteiger partial charge on any atom is -0.357 e. The van der Waals surface area contributed by atoms with E-state index in [2.05, 4.69) is 20.9 Å². The van der Waals surface area contributed by atoms with Crippen LogP contribution in [-0.4, -0.2) is 50.4 Å². The second-order valence-electron chi connectivity index (χ2n) is 7.61. The van der Waals surface area contributed by atoms with Crippen LogP contribution in [0.4, 0.5) is 5.69 Å². The van der Waals surface area contributed by atoms with Crippen molar-refractivity contribution in [3.05, 3.63) is 29.8 Å². The molecule has 0 fully saturated rings. The van der Waals surface area contributed by atoms with Crippen molar-refractivity contribution in [2.45, 2.75) is 44.8 Å². The molecule has 0 saturated carbocycles. The molecule has 1 heterocycles. The summed E-state index contributed by atoms with van der Waals surface area (Å²) in [6.45, 7) is 8.46. The summed E-state index contributed by atoms with van der Waals surface area (Å²) < 4.78 is 23.7. The first-order valence-corrected chi connectivity index (χ1v) is 10.9. The van der Waals surface area contributed by atoms with Crippen molar-refractivity contribution >= 4 is 51.4 Å². The first-order valence-electron chi connectivity index (χ1n) is 9.27. The van der Waals surface area contributed by atoms with Gasteiger partial charge in [0.15, 0.2) is 15.8 Å². The molecule has 1 amide bonds. The summed E-state index contributed by atoms with van der Waals surface area (Å²) in [4.78, 5) is 16.5. The van der Waals surface area contributed by atoms with Crippen LogP contribution in [0.3, 0.4) is 0 Å². The summed E-state index contributed by atoms with van der Waals surface area (Å²) in [6, 6.07) is 7.75. The second kappa shape index (κ2) is 10.4. The number of benzene rings is 1. The number of rotatable bonds is 6. The Bertz CT molecular complexity index is 804. The minimum atomic E-state index is -3.19. The van der Waals surface area contributed by atoms with E-state index < -0.39 is 14.6 Å². The maximum Gasteiger partial charge on any atom is 0.225 e. The fraction of sp³-hybridized carbons (Fsp3) is 0.579. The summed E-state index contributed by atoms with van der Waals surface area (Å²) in [6.07, 6.45) is 0.387. The standard InChI is InChI=1S/C19H30N4O3S.HI/c1-5-20-18(21-10-11-27(25,26)19(2,3)4)22-13-14-12-17(24)23-16-9-7-6-8-15(14)16;/h6-9,14H,5,10-13H2,1-4H3,(H,23,24)(H2,20,21,22);1H. The maximum absolute atomic E-state index is 12.2. The molecule has 0 spiro atoms. The van der Waals surface area contributed by atoms with Gasteiger partial charge >= 0.3 is 0 Å². The van der Waals surface area contributed by atoms with Gasteiger partial charge in [-0.25, -0.2) is 8.42 Å². The van der Waals surface area contributed by atoms with Crippen LogP contribution in [0.1, 0.15) is 45.6 Å². The molecular weight excluding hydrogens is 491 g/mol. The minimum absolute atomic E-state index is 0. The average Bonchev–Trinajstić information content (AvgIpc) is 2.58. The Hall–Kier alpha value is -1.36. The highest BCUT2D eigenvalue weighted by atomic mass is 127. The number of anilines is 1. The number of carbonyl (C=O) groups is 1. The van der Waals surface area contributed by atoms with Gasteiger partial charge in [-0.15, -0.1) is 24.0 Å². The normalized spacial score (nSPS) is 17.2. The molecule has 1 atom stereocenters. The van der Waals surface area contributed by atoms with Crippen molar-refractivity contribution in [3.63, 3.8) is 0 Å². The quantitative estimate of drug-likeness (QED) is 0.303. The largest absolute Gasteiger partial charge is 0.357 e. The van der Waals surface area contributed by atoms with Crippen molar-refractivity contribution < 1.29 is 13.2 Å². The first-order chi connectivity index (χ1) is 12.6. The van der Waals surface area contributed by atoms with Crippen LogP contribution in [0.25, 0.3) is 0 Å². The monoisotopic (exact) mass is 522 g/mol. The summed E-state index contributed by atoms with van der Waals surface area (Å²) in [5.41, 5.74) is 1.91. The van der Waals surface area contributed by atoms with Crippen molar-refractivity contribution in [2.24, 2.45) is 4.99 Å². The Morgan fingerprint density at radius 1 is 1.25 bits per heavy atom. The number of amides is 1. The zero-order valence-corrected chi connectivity index (χ0v) is 20.1. The number of aliphatic imine (C=N–C) groups is 1. The number of sulfone groups is 1. The van der Waals surface area contributed by atoms with Crippen LogP contribution < -0.4 is 16.0 Å². The Balaban J connectivity index is 0.00000392. The molecule has 1 aliphatic heterocycles. The van der Waals surface area contributed by atoms with Gasteiger partial charge in [0.05, 0.1) is 17.0 Å². The molecule has 28 heavy (non-hydrogen) atoms.